The van der Waals surface area contributed by atoms with Crippen molar-refractivity contribution < 1.29 is 4.79 Å². The van der Waals surface area contributed by atoms with Crippen LogP contribution in [0.15, 0.2) is 30.3 Å². The van der Waals surface area contributed by atoms with Gasteiger partial charge in [-0.3, -0.25) is 4.79 Å². The topological polar surface area (TPSA) is 49.6 Å². The third-order valence-electron chi connectivity index (χ3n) is 3.21. The highest BCUT2D eigenvalue weighted by Gasteiger charge is 2.10. The molecule has 19 heavy (non-hydrogen) atoms. The molecule has 0 saturated heterocycles. The van der Waals surface area contributed by atoms with Crippen molar-refractivity contribution in [3.63, 3.8) is 0 Å². The summed E-state index contributed by atoms with van der Waals surface area (Å²) in [6.45, 7) is 3.48. The van der Waals surface area contributed by atoms with Crippen LogP contribution in [0, 0.1) is 0 Å². The summed E-state index contributed by atoms with van der Waals surface area (Å²) in [6, 6.07) is 10.3. The van der Waals surface area contributed by atoms with Crippen LogP contribution in [-0.4, -0.2) is 44.0 Å². The van der Waals surface area contributed by atoms with E-state index in [0.29, 0.717) is 6.42 Å². The number of rotatable bonds is 7. The van der Waals surface area contributed by atoms with Gasteiger partial charge in [-0.25, -0.2) is 0 Å². The molecule has 0 radical (unpaired) electrons. The molecular weight excluding hydrogens is 238 g/mol. The summed E-state index contributed by atoms with van der Waals surface area (Å²) < 4.78 is 0. The number of anilines is 1. The molecule has 0 fully saturated rings. The fraction of sp³-hybridized carbons (Fsp3) is 0.533. The van der Waals surface area contributed by atoms with E-state index in [4.69, 9.17) is 5.73 Å². The molecule has 1 atom stereocenters. The molecule has 0 aliphatic heterocycles. The molecule has 1 amide bonds. The van der Waals surface area contributed by atoms with E-state index in [1.165, 1.54) is 5.69 Å². The van der Waals surface area contributed by atoms with Gasteiger partial charge in [0.05, 0.1) is 0 Å². The number of likely N-dealkylation sites (N-methyl/N-ethyl adjacent to an activating group) is 2. The van der Waals surface area contributed by atoms with Crippen LogP contribution in [-0.2, 0) is 4.79 Å². The largest absolute Gasteiger partial charge is 0.373 e. The first-order valence-corrected chi connectivity index (χ1v) is 6.76. The number of hydrogen-bond donors (Lipinski definition) is 1. The first kappa shape index (κ1) is 15.5. The molecule has 0 aliphatic carbocycles. The van der Waals surface area contributed by atoms with Crippen LogP contribution in [0.4, 0.5) is 5.69 Å². The Morgan fingerprint density at radius 2 is 1.84 bits per heavy atom. The summed E-state index contributed by atoms with van der Waals surface area (Å²) in [5.74, 6) is 0.166. The van der Waals surface area contributed by atoms with Gasteiger partial charge in [0, 0.05) is 45.3 Å². The second-order valence-corrected chi connectivity index (χ2v) is 5.09. The van der Waals surface area contributed by atoms with Crippen LogP contribution in [0.2, 0.25) is 0 Å². The van der Waals surface area contributed by atoms with E-state index in [1.807, 2.05) is 39.2 Å². The van der Waals surface area contributed by atoms with Crippen LogP contribution >= 0.6 is 0 Å². The molecule has 106 valence electrons. The third kappa shape index (κ3) is 5.75. The number of nitrogens with two attached hydrogens (primary N) is 1. The fourth-order valence-electron chi connectivity index (χ4n) is 1.78. The Balaban J connectivity index is 2.33. The average Bonchev–Trinajstić information content (AvgIpc) is 2.42. The summed E-state index contributed by atoms with van der Waals surface area (Å²) in [6.07, 6.45) is 1.28. The standard InChI is InChI=1S/C15H25N3O/c1-13(16)9-10-15(19)18(3)12-11-17(2)14-7-5-4-6-8-14/h4-8,13H,9-12,16H2,1-3H3. The van der Waals surface area contributed by atoms with Crippen molar-refractivity contribution in [1.29, 1.82) is 0 Å². The summed E-state index contributed by atoms with van der Waals surface area (Å²) in [7, 11) is 3.89. The first-order valence-electron chi connectivity index (χ1n) is 6.76. The van der Waals surface area contributed by atoms with E-state index in [2.05, 4.69) is 17.0 Å². The lowest BCUT2D eigenvalue weighted by atomic mass is 10.2. The molecule has 0 aromatic heterocycles. The Bertz CT molecular complexity index is 378. The van der Waals surface area contributed by atoms with Gasteiger partial charge in [0.2, 0.25) is 5.91 Å². The van der Waals surface area contributed by atoms with Crippen molar-refractivity contribution in [3.8, 4) is 0 Å². The van der Waals surface area contributed by atoms with Crippen LogP contribution < -0.4 is 10.6 Å². The highest BCUT2D eigenvalue weighted by Crippen LogP contribution is 2.10. The zero-order valence-electron chi connectivity index (χ0n) is 12.2. The Labute approximate surface area is 116 Å². The summed E-state index contributed by atoms with van der Waals surface area (Å²) >= 11 is 0. The van der Waals surface area contributed by atoms with Gasteiger partial charge in [-0.05, 0) is 25.5 Å². The van der Waals surface area contributed by atoms with Crippen molar-refractivity contribution in [1.82, 2.24) is 4.90 Å². The maximum absolute atomic E-state index is 11.8. The molecule has 1 unspecified atom stereocenters. The predicted molar refractivity (Wildman–Crippen MR) is 80.2 cm³/mol. The van der Waals surface area contributed by atoms with E-state index < -0.39 is 0 Å². The predicted octanol–water partition coefficient (Wildman–Crippen LogP) is 1.71. The van der Waals surface area contributed by atoms with Gasteiger partial charge < -0.3 is 15.5 Å². The molecule has 2 N–H and O–H groups in total. The number of carbonyl (C=O) groups excluding carboxylic acids is 1. The highest BCUT2D eigenvalue weighted by molar-refractivity contribution is 5.75. The maximum Gasteiger partial charge on any atom is 0.222 e. The molecule has 0 aliphatic rings. The van der Waals surface area contributed by atoms with Crippen LogP contribution in [0.25, 0.3) is 0 Å². The van der Waals surface area contributed by atoms with Crippen molar-refractivity contribution in [3.05, 3.63) is 30.3 Å². The van der Waals surface area contributed by atoms with E-state index in [-0.39, 0.29) is 11.9 Å². The van der Waals surface area contributed by atoms with E-state index in [0.717, 1.165) is 19.5 Å². The minimum Gasteiger partial charge on any atom is -0.373 e. The third-order valence-corrected chi connectivity index (χ3v) is 3.21. The lowest BCUT2D eigenvalue weighted by molar-refractivity contribution is -0.129. The molecule has 4 heteroatoms. The molecule has 1 aromatic rings. The zero-order chi connectivity index (χ0) is 14.3. The van der Waals surface area contributed by atoms with Gasteiger partial charge in [0.15, 0.2) is 0 Å². The second-order valence-electron chi connectivity index (χ2n) is 5.09. The quantitative estimate of drug-likeness (QED) is 0.814. The van der Waals surface area contributed by atoms with Gasteiger partial charge in [0.1, 0.15) is 0 Å². The van der Waals surface area contributed by atoms with Crippen molar-refractivity contribution in [2.75, 3.05) is 32.1 Å². The molecule has 1 aromatic carbocycles. The minimum atomic E-state index is 0.0874. The van der Waals surface area contributed by atoms with Crippen molar-refractivity contribution in [2.24, 2.45) is 5.73 Å². The Kier molecular flexibility index (Phi) is 6.36. The Morgan fingerprint density at radius 1 is 1.21 bits per heavy atom. The molecule has 1 rings (SSSR count). The number of benzene rings is 1. The number of hydrogen-bond acceptors (Lipinski definition) is 3. The Hall–Kier alpha value is -1.55. The van der Waals surface area contributed by atoms with Crippen LogP contribution in [0.3, 0.4) is 0 Å². The zero-order valence-corrected chi connectivity index (χ0v) is 12.2. The summed E-state index contributed by atoms with van der Waals surface area (Å²) in [4.78, 5) is 15.8. The molecule has 0 saturated carbocycles. The monoisotopic (exact) mass is 263 g/mol. The lowest BCUT2D eigenvalue weighted by Crippen LogP contribution is -2.35. The van der Waals surface area contributed by atoms with Crippen LogP contribution in [0.5, 0.6) is 0 Å². The van der Waals surface area contributed by atoms with E-state index in [9.17, 15) is 4.79 Å². The normalized spacial score (nSPS) is 12.0. The molecule has 4 nitrogen and oxygen atoms in total. The van der Waals surface area contributed by atoms with Gasteiger partial charge in [-0.2, -0.15) is 0 Å². The number of carbonyl (C=O) groups is 1. The summed E-state index contributed by atoms with van der Waals surface area (Å²) in [5.41, 5.74) is 6.83. The van der Waals surface area contributed by atoms with Gasteiger partial charge in [0.25, 0.3) is 0 Å². The number of para-hydroxylation sites is 1. The highest BCUT2D eigenvalue weighted by atomic mass is 16.2. The second kappa shape index (κ2) is 7.79. The van der Waals surface area contributed by atoms with E-state index >= 15 is 0 Å². The lowest BCUT2D eigenvalue weighted by Gasteiger charge is -2.24. The molecular formula is C15H25N3O. The first-order chi connectivity index (χ1) is 9.00. The summed E-state index contributed by atoms with van der Waals surface area (Å²) in [5, 5.41) is 0. The van der Waals surface area contributed by atoms with Gasteiger partial charge in [-0.15, -0.1) is 0 Å². The average molecular weight is 263 g/mol. The van der Waals surface area contributed by atoms with Crippen molar-refractivity contribution >= 4 is 11.6 Å². The van der Waals surface area contributed by atoms with Crippen molar-refractivity contribution in [2.45, 2.75) is 25.8 Å². The van der Waals surface area contributed by atoms with Gasteiger partial charge >= 0.3 is 0 Å². The van der Waals surface area contributed by atoms with E-state index in [1.54, 1.807) is 4.90 Å². The maximum atomic E-state index is 11.8. The number of nitrogens with zero attached hydrogens (tertiary/aromatic N) is 2. The molecule has 0 heterocycles. The Morgan fingerprint density at radius 3 is 2.42 bits per heavy atom. The number of amides is 1. The molecule has 0 spiro atoms. The fourth-order valence-corrected chi connectivity index (χ4v) is 1.78. The molecule has 0 bridgehead atoms. The smallest absolute Gasteiger partial charge is 0.222 e. The minimum absolute atomic E-state index is 0.0874. The SMILES string of the molecule is CC(N)CCC(=O)N(C)CCN(C)c1ccccc1. The van der Waals surface area contributed by atoms with Gasteiger partial charge in [-0.1, -0.05) is 18.2 Å². The van der Waals surface area contributed by atoms with Crippen LogP contribution in [0.1, 0.15) is 19.8 Å².